The zero-order chi connectivity index (χ0) is 14.9. The number of rotatable bonds is 4. The number of nitrogens with zero attached hydrogens (tertiary/aromatic N) is 2. The molecule has 0 aliphatic heterocycles. The third-order valence-corrected chi connectivity index (χ3v) is 3.05. The molecule has 2 rings (SSSR count). The molecule has 1 unspecified atom stereocenters. The molecule has 106 valence electrons. The summed E-state index contributed by atoms with van der Waals surface area (Å²) in [6, 6.07) is 1.30. The van der Waals surface area contributed by atoms with Gasteiger partial charge in [-0.15, -0.1) is 0 Å². The Balaban J connectivity index is 2.26. The quantitative estimate of drug-likeness (QED) is 0.783. The third kappa shape index (κ3) is 2.56. The Morgan fingerprint density at radius 3 is 2.75 bits per heavy atom. The molecule has 2 aromatic rings. The van der Waals surface area contributed by atoms with E-state index in [-0.39, 0.29) is 17.3 Å². The first kappa shape index (κ1) is 13.9. The average molecular weight is 276 g/mol. The summed E-state index contributed by atoms with van der Waals surface area (Å²) in [6.07, 6.45) is 1.33. The minimum atomic E-state index is -1.09. The van der Waals surface area contributed by atoms with Crippen LogP contribution in [0.15, 0.2) is 16.8 Å². The molecular weight excluding hydrogens is 260 g/mol. The largest absolute Gasteiger partial charge is 0.478 e. The van der Waals surface area contributed by atoms with Crippen LogP contribution in [-0.2, 0) is 0 Å². The van der Waals surface area contributed by atoms with Crippen LogP contribution in [0.5, 0.6) is 0 Å². The van der Waals surface area contributed by atoms with Crippen LogP contribution < -0.4 is 11.1 Å². The Morgan fingerprint density at radius 2 is 2.20 bits per heavy atom. The second-order valence-corrected chi connectivity index (χ2v) is 4.57. The molecule has 0 aromatic carbocycles. The van der Waals surface area contributed by atoms with Crippen LogP contribution in [0.2, 0.25) is 0 Å². The van der Waals surface area contributed by atoms with E-state index in [0.717, 1.165) is 17.0 Å². The summed E-state index contributed by atoms with van der Waals surface area (Å²) < 4.78 is 5.11. The van der Waals surface area contributed by atoms with Crippen LogP contribution in [-0.4, -0.2) is 21.2 Å². The maximum Gasteiger partial charge on any atom is 0.337 e. The molecule has 7 heteroatoms. The van der Waals surface area contributed by atoms with E-state index in [1.807, 2.05) is 20.8 Å². The van der Waals surface area contributed by atoms with Crippen molar-refractivity contribution in [2.75, 3.05) is 11.1 Å². The Labute approximate surface area is 115 Å². The van der Waals surface area contributed by atoms with Crippen molar-refractivity contribution < 1.29 is 14.4 Å². The first-order chi connectivity index (χ1) is 9.40. The van der Waals surface area contributed by atoms with E-state index in [4.69, 9.17) is 15.4 Å². The molecule has 0 aliphatic carbocycles. The van der Waals surface area contributed by atoms with Crippen molar-refractivity contribution in [2.45, 2.75) is 26.8 Å². The summed E-state index contributed by atoms with van der Waals surface area (Å²) in [5.41, 5.74) is 7.44. The van der Waals surface area contributed by atoms with Crippen LogP contribution >= 0.6 is 0 Å². The number of carboxylic acids is 1. The van der Waals surface area contributed by atoms with Gasteiger partial charge in [0, 0.05) is 5.56 Å². The van der Waals surface area contributed by atoms with E-state index in [0.29, 0.717) is 5.82 Å². The SMILES string of the molecule is Cc1noc(C)c1C(C)Nc1cc(C(=O)O)c(N)cn1. The van der Waals surface area contributed by atoms with Gasteiger partial charge in [0.05, 0.1) is 29.2 Å². The smallest absolute Gasteiger partial charge is 0.337 e. The zero-order valence-corrected chi connectivity index (χ0v) is 11.5. The summed E-state index contributed by atoms with van der Waals surface area (Å²) in [7, 11) is 0. The number of aromatic nitrogens is 2. The predicted octanol–water partition coefficient (Wildman–Crippen LogP) is 2.14. The number of aryl methyl sites for hydroxylation is 2. The van der Waals surface area contributed by atoms with Gasteiger partial charge >= 0.3 is 5.97 Å². The van der Waals surface area contributed by atoms with Gasteiger partial charge in [0.15, 0.2) is 0 Å². The summed E-state index contributed by atoms with van der Waals surface area (Å²) in [5, 5.41) is 16.0. The molecule has 0 fully saturated rings. The number of nitrogens with two attached hydrogens (primary N) is 1. The minimum Gasteiger partial charge on any atom is -0.478 e. The molecular formula is C13H16N4O3. The highest BCUT2D eigenvalue weighted by Crippen LogP contribution is 2.25. The molecule has 1 atom stereocenters. The highest BCUT2D eigenvalue weighted by molar-refractivity contribution is 5.94. The fourth-order valence-electron chi connectivity index (χ4n) is 2.13. The molecule has 0 amide bonds. The third-order valence-electron chi connectivity index (χ3n) is 3.05. The van der Waals surface area contributed by atoms with Gasteiger partial charge in [-0.05, 0) is 26.8 Å². The van der Waals surface area contributed by atoms with Crippen LogP contribution in [0.1, 0.15) is 40.3 Å². The lowest BCUT2D eigenvalue weighted by atomic mass is 10.1. The number of nitrogens with one attached hydrogen (secondary N) is 1. The summed E-state index contributed by atoms with van der Waals surface area (Å²) >= 11 is 0. The molecule has 0 radical (unpaired) electrons. The first-order valence-electron chi connectivity index (χ1n) is 6.08. The lowest BCUT2D eigenvalue weighted by Gasteiger charge is -2.15. The summed E-state index contributed by atoms with van der Waals surface area (Å²) in [5.74, 6) is 0.0680. The normalized spacial score (nSPS) is 12.2. The first-order valence-corrected chi connectivity index (χ1v) is 6.08. The van der Waals surface area contributed by atoms with Gasteiger partial charge in [-0.3, -0.25) is 0 Å². The minimum absolute atomic E-state index is 0.0217. The van der Waals surface area contributed by atoms with Crippen LogP contribution in [0.3, 0.4) is 0 Å². The topological polar surface area (TPSA) is 114 Å². The van der Waals surface area contributed by atoms with Crippen molar-refractivity contribution in [1.82, 2.24) is 10.1 Å². The molecule has 0 saturated carbocycles. The van der Waals surface area contributed by atoms with Gasteiger partial charge in [-0.25, -0.2) is 9.78 Å². The second-order valence-electron chi connectivity index (χ2n) is 4.57. The van der Waals surface area contributed by atoms with Crippen molar-refractivity contribution in [1.29, 1.82) is 0 Å². The lowest BCUT2D eigenvalue weighted by molar-refractivity contribution is 0.0698. The number of aromatic carboxylic acids is 1. The molecule has 0 bridgehead atoms. The predicted molar refractivity (Wildman–Crippen MR) is 73.6 cm³/mol. The number of carbonyl (C=O) groups is 1. The van der Waals surface area contributed by atoms with Crippen LogP contribution in [0.25, 0.3) is 0 Å². The molecule has 20 heavy (non-hydrogen) atoms. The van der Waals surface area contributed by atoms with Crippen molar-refractivity contribution in [3.8, 4) is 0 Å². The fourth-order valence-corrected chi connectivity index (χ4v) is 2.13. The number of nitrogen functional groups attached to an aromatic ring is 1. The molecule has 0 saturated heterocycles. The summed E-state index contributed by atoms with van der Waals surface area (Å²) in [4.78, 5) is 15.1. The van der Waals surface area contributed by atoms with Gasteiger partial charge in [0.2, 0.25) is 0 Å². The van der Waals surface area contributed by atoms with Crippen molar-refractivity contribution in [3.05, 3.63) is 34.8 Å². The van der Waals surface area contributed by atoms with E-state index in [9.17, 15) is 4.79 Å². The highest BCUT2D eigenvalue weighted by Gasteiger charge is 2.17. The Kier molecular flexibility index (Phi) is 3.60. The van der Waals surface area contributed by atoms with Gasteiger partial charge in [-0.2, -0.15) is 0 Å². The maximum absolute atomic E-state index is 11.0. The fraction of sp³-hybridized carbons (Fsp3) is 0.308. The Hall–Kier alpha value is -2.57. The van der Waals surface area contributed by atoms with E-state index in [1.54, 1.807) is 0 Å². The molecule has 4 N–H and O–H groups in total. The number of carboxylic acid groups (broad SMARTS) is 1. The number of pyridine rings is 1. The van der Waals surface area contributed by atoms with Crippen molar-refractivity contribution in [3.63, 3.8) is 0 Å². The van der Waals surface area contributed by atoms with E-state index < -0.39 is 5.97 Å². The maximum atomic E-state index is 11.0. The van der Waals surface area contributed by atoms with Gasteiger partial charge in [-0.1, -0.05) is 5.16 Å². The number of hydrogen-bond acceptors (Lipinski definition) is 6. The number of hydrogen-bond donors (Lipinski definition) is 3. The Morgan fingerprint density at radius 1 is 1.50 bits per heavy atom. The van der Waals surface area contributed by atoms with Crippen LogP contribution in [0.4, 0.5) is 11.5 Å². The van der Waals surface area contributed by atoms with Gasteiger partial charge in [0.1, 0.15) is 11.6 Å². The highest BCUT2D eigenvalue weighted by atomic mass is 16.5. The number of anilines is 2. The monoisotopic (exact) mass is 276 g/mol. The van der Waals surface area contributed by atoms with Gasteiger partial charge < -0.3 is 20.7 Å². The van der Waals surface area contributed by atoms with Crippen molar-refractivity contribution in [2.24, 2.45) is 0 Å². The molecule has 0 spiro atoms. The van der Waals surface area contributed by atoms with E-state index >= 15 is 0 Å². The van der Waals surface area contributed by atoms with Crippen LogP contribution in [0, 0.1) is 13.8 Å². The van der Waals surface area contributed by atoms with Crippen molar-refractivity contribution >= 4 is 17.5 Å². The molecule has 7 nitrogen and oxygen atoms in total. The van der Waals surface area contributed by atoms with E-state index in [2.05, 4.69) is 15.5 Å². The second kappa shape index (κ2) is 5.20. The molecule has 2 heterocycles. The summed E-state index contributed by atoms with van der Waals surface area (Å²) in [6.45, 7) is 5.60. The standard InChI is InChI=1S/C13H16N4O3/c1-6(12-7(2)17-20-8(12)3)16-11-4-9(13(18)19)10(14)5-15-11/h4-6H,14H2,1-3H3,(H,15,16)(H,18,19). The molecule has 2 aromatic heterocycles. The lowest BCUT2D eigenvalue weighted by Crippen LogP contribution is -2.11. The molecule has 0 aliphatic rings. The Bertz CT molecular complexity index is 632. The van der Waals surface area contributed by atoms with E-state index in [1.165, 1.54) is 12.3 Å². The average Bonchev–Trinajstić information content (AvgIpc) is 2.71. The zero-order valence-electron chi connectivity index (χ0n) is 11.5. The van der Waals surface area contributed by atoms with Gasteiger partial charge in [0.25, 0.3) is 0 Å².